The van der Waals surface area contributed by atoms with Crippen LogP contribution in [0.5, 0.6) is 0 Å². The molecule has 0 aromatic rings. The molecule has 0 aromatic carbocycles. The van der Waals surface area contributed by atoms with E-state index in [-0.39, 0.29) is 220 Å². The van der Waals surface area contributed by atoms with Gasteiger partial charge in [0.25, 0.3) is 23.6 Å². The molecule has 46 nitrogen and oxygen atoms in total. The first kappa shape index (κ1) is 121. The van der Waals surface area contributed by atoms with Crippen molar-refractivity contribution in [3.8, 4) is 0 Å². The molecule has 2 atom stereocenters. The molecule has 762 valence electrons. The van der Waals surface area contributed by atoms with Crippen LogP contribution in [-0.4, -0.2) is 462 Å². The molecule has 12 amide bonds. The molecule has 8 N–H and O–H groups in total. The Hall–Kier alpha value is -7.44. The van der Waals surface area contributed by atoms with Gasteiger partial charge in [-0.25, -0.2) is 0 Å². The molecule has 0 bridgehead atoms. The minimum Gasteiger partial charge on any atom is -0.379 e. The molecule has 132 heavy (non-hydrogen) atoms. The summed E-state index contributed by atoms with van der Waals surface area (Å²) in [4.78, 5) is 154. The molecule has 2 rings (SSSR count). The number of ether oxygens (including phenoxy) is 24. The van der Waals surface area contributed by atoms with Gasteiger partial charge in [0.2, 0.25) is 47.3 Å². The smallest absolute Gasteiger partial charge is 0.253 e. The minimum atomic E-state index is -1.74. The van der Waals surface area contributed by atoms with Crippen LogP contribution in [0.3, 0.4) is 0 Å². The third kappa shape index (κ3) is 75.8. The van der Waals surface area contributed by atoms with Gasteiger partial charge in [0, 0.05) is 128 Å². The van der Waals surface area contributed by atoms with E-state index in [9.17, 15) is 57.5 Å². The fraction of sp³-hybridized carbons (Fsp3) is 0.814. The lowest BCUT2D eigenvalue weighted by Crippen LogP contribution is -2.64. The van der Waals surface area contributed by atoms with Gasteiger partial charge in [-0.1, -0.05) is 13.8 Å². The summed E-state index contributed by atoms with van der Waals surface area (Å²) < 4.78 is 132. The zero-order chi connectivity index (χ0) is 95.4. The van der Waals surface area contributed by atoms with Crippen LogP contribution in [0.1, 0.15) is 78.1 Å². The second-order valence-corrected chi connectivity index (χ2v) is 28.3. The normalized spacial score (nSPS) is 12.9. The van der Waals surface area contributed by atoms with Crippen molar-refractivity contribution in [3.63, 3.8) is 0 Å². The lowest BCUT2D eigenvalue weighted by atomic mass is 10.0. The molecule has 0 saturated heterocycles. The Bertz CT molecular complexity index is 2790. The Morgan fingerprint density at radius 1 is 0.212 bits per heavy atom. The van der Waals surface area contributed by atoms with Gasteiger partial charge < -0.3 is 156 Å². The molecule has 46 heteroatoms. The maximum Gasteiger partial charge on any atom is 0.253 e. The van der Waals surface area contributed by atoms with Crippen molar-refractivity contribution in [2.75, 3.05) is 369 Å². The molecule has 0 spiro atoms. The Morgan fingerprint density at radius 3 is 0.553 bits per heavy atom. The van der Waals surface area contributed by atoms with Gasteiger partial charge >= 0.3 is 0 Å². The van der Waals surface area contributed by atoms with Crippen LogP contribution in [0.4, 0.5) is 0 Å². The first-order valence-electron chi connectivity index (χ1n) is 45.8. The fourth-order valence-electron chi connectivity index (χ4n) is 10.8. The lowest BCUT2D eigenvalue weighted by Gasteiger charge is -2.28. The van der Waals surface area contributed by atoms with E-state index in [4.69, 9.17) is 114 Å². The molecule has 0 radical (unpaired) electrons. The molecule has 2 heterocycles. The highest BCUT2D eigenvalue weighted by Crippen LogP contribution is 2.10. The Balaban J connectivity index is 1.55. The van der Waals surface area contributed by atoms with Crippen LogP contribution in [-0.2, 0) is 171 Å². The molecule has 0 aliphatic carbocycles. The largest absolute Gasteiger partial charge is 0.379 e. The van der Waals surface area contributed by atoms with Crippen molar-refractivity contribution in [2.45, 2.75) is 90.1 Å². The van der Waals surface area contributed by atoms with E-state index in [1.165, 1.54) is 0 Å². The Kier molecular flexibility index (Phi) is 83.5. The summed E-state index contributed by atoms with van der Waals surface area (Å²) in [5.41, 5.74) is 0. The van der Waals surface area contributed by atoms with Crippen LogP contribution in [0, 0.1) is 0 Å². The predicted octanol–water partition coefficient (Wildman–Crippen LogP) is -3.16. The quantitative estimate of drug-likeness (QED) is 0.0220. The molecular formula is C86H152N10O36. The van der Waals surface area contributed by atoms with Crippen molar-refractivity contribution in [2.24, 2.45) is 0 Å². The summed E-state index contributed by atoms with van der Waals surface area (Å²) >= 11 is 0. The van der Waals surface area contributed by atoms with Crippen molar-refractivity contribution >= 4 is 70.9 Å². The number of carbonyl (C=O) groups excluding carboxylic acids is 12. The topological polar surface area (TPSA) is 529 Å². The molecule has 0 unspecified atom stereocenters. The standard InChI is InChI=1S/C86H152N10O36/c1-3-25-109-37-49-121-61-67-127-55-43-115-31-17-87-73(97)13-27-111-39-51-123-63-69-129-57-45-117-33-19-89-75(99)15-29-113-41-53-125-65-71-131-59-47-119-35-21-91-85(107)83(93-77(101)7-5-23-95-79(103)9-10-80(95)104)84(94-78(102)8-6-24-96-81(105)11-12-82(96)106)86(108)92-22-36-120-48-60-132-72-66-126-54-42-114-30-16-76(100)90-20-34-118-46-58-130-70-64-124-52-40-112-28-14-74(98)88-18-32-116-44-56-128-68-62-122-50-38-110-26-4-2/h9-12,83-84H,3-8,13-72H2,1-2H3,(H,87,97)(H,88,98)(H,89,99)(H,90,100)(H,91,107)(H,92,108)(H,93,101)(H,94,102)/t83-,84-/m0/s1. The fourth-order valence-corrected chi connectivity index (χ4v) is 10.8. The maximum absolute atomic E-state index is 14.1. The Labute approximate surface area is 775 Å². The average molecular weight is 1900 g/mol. The van der Waals surface area contributed by atoms with Gasteiger partial charge in [0.05, 0.1) is 304 Å². The predicted molar refractivity (Wildman–Crippen MR) is 471 cm³/mol. The van der Waals surface area contributed by atoms with Crippen LogP contribution in [0.15, 0.2) is 24.3 Å². The van der Waals surface area contributed by atoms with Gasteiger partial charge in [0.15, 0.2) is 0 Å². The highest BCUT2D eigenvalue weighted by atomic mass is 16.6. The molecule has 0 aromatic heterocycles. The maximum atomic E-state index is 14.1. The zero-order valence-electron chi connectivity index (χ0n) is 77.7. The number of hydrogen-bond donors (Lipinski definition) is 8. The third-order valence-electron chi connectivity index (χ3n) is 17.6. The van der Waals surface area contributed by atoms with Gasteiger partial charge in [-0.3, -0.25) is 67.3 Å². The first-order valence-corrected chi connectivity index (χ1v) is 45.8. The van der Waals surface area contributed by atoms with Crippen LogP contribution in [0.25, 0.3) is 0 Å². The number of amides is 12. The van der Waals surface area contributed by atoms with E-state index >= 15 is 0 Å². The highest BCUT2D eigenvalue weighted by Gasteiger charge is 2.37. The summed E-state index contributed by atoms with van der Waals surface area (Å²) in [6.07, 6.45) is 6.48. The first-order chi connectivity index (χ1) is 64.7. The molecule has 2 aliphatic rings. The monoisotopic (exact) mass is 1900 g/mol. The van der Waals surface area contributed by atoms with Crippen LogP contribution >= 0.6 is 0 Å². The number of nitrogens with one attached hydrogen (secondary N) is 8. The molecular weight excluding hydrogens is 1750 g/mol. The lowest BCUT2D eigenvalue weighted by molar-refractivity contribution is -0.139. The van der Waals surface area contributed by atoms with E-state index in [0.29, 0.717) is 211 Å². The molecule has 0 saturated carbocycles. The second kappa shape index (κ2) is 91.3. The summed E-state index contributed by atoms with van der Waals surface area (Å²) in [7, 11) is 0. The third-order valence-corrected chi connectivity index (χ3v) is 17.6. The van der Waals surface area contributed by atoms with Crippen LogP contribution in [0.2, 0.25) is 0 Å². The van der Waals surface area contributed by atoms with Crippen molar-refractivity contribution in [1.82, 2.24) is 52.3 Å². The van der Waals surface area contributed by atoms with E-state index in [0.717, 1.165) is 60.2 Å². The summed E-state index contributed by atoms with van der Waals surface area (Å²) in [6.45, 7) is 21.4. The van der Waals surface area contributed by atoms with Gasteiger partial charge in [-0.05, 0) is 25.7 Å². The van der Waals surface area contributed by atoms with E-state index in [1.807, 2.05) is 0 Å². The minimum absolute atomic E-state index is 0.0113. The number of nitrogens with zero attached hydrogens (tertiary/aromatic N) is 2. The molecule has 2 aliphatic heterocycles. The number of hydrogen-bond acceptors (Lipinski definition) is 36. The second-order valence-electron chi connectivity index (χ2n) is 28.3. The van der Waals surface area contributed by atoms with Gasteiger partial charge in [-0.2, -0.15) is 0 Å². The summed E-state index contributed by atoms with van der Waals surface area (Å²) in [5.74, 6) is -6.18. The van der Waals surface area contributed by atoms with E-state index < -0.39 is 59.3 Å². The number of rotatable bonds is 101. The average Bonchev–Trinajstić information content (AvgIpc) is 1.02. The van der Waals surface area contributed by atoms with Crippen molar-refractivity contribution < 1.29 is 171 Å². The SMILES string of the molecule is CCCOCCOCCOCCOCCNC(=O)CCOCCOCCOCCOCCNC(=O)CCOCCOCCOCCOCCNC(=O)[C@@H](NC(=O)CCCN1C(=O)C=CC1=O)[C@H](NC(=O)CCCN1C(=O)C=CC1=O)C(=O)NCCOCCOCCOCCOCCC(=O)NCCOCCOCCOCCOCCC(=O)NCCOCCOCCOCCOCCC. The zero-order valence-corrected chi connectivity index (χ0v) is 77.7. The summed E-state index contributed by atoms with van der Waals surface area (Å²) in [5, 5.41) is 21.4. The Morgan fingerprint density at radius 2 is 0.371 bits per heavy atom. The van der Waals surface area contributed by atoms with Gasteiger partial charge in [0.1, 0.15) is 12.1 Å². The summed E-state index contributed by atoms with van der Waals surface area (Å²) in [6, 6.07) is -3.47. The number of imide groups is 2. The van der Waals surface area contributed by atoms with Crippen molar-refractivity contribution in [1.29, 1.82) is 0 Å². The number of carbonyl (C=O) groups is 12. The van der Waals surface area contributed by atoms with Crippen molar-refractivity contribution in [3.05, 3.63) is 24.3 Å². The highest BCUT2D eigenvalue weighted by molar-refractivity contribution is 6.13. The van der Waals surface area contributed by atoms with Gasteiger partial charge in [-0.15, -0.1) is 0 Å². The van der Waals surface area contributed by atoms with E-state index in [1.54, 1.807) is 0 Å². The van der Waals surface area contributed by atoms with E-state index in [2.05, 4.69) is 56.4 Å². The van der Waals surface area contributed by atoms with Crippen LogP contribution < -0.4 is 42.5 Å². The molecule has 0 fully saturated rings.